The molecule has 1 unspecified atom stereocenters. The summed E-state index contributed by atoms with van der Waals surface area (Å²) < 4.78 is 1.69. The topological polar surface area (TPSA) is 190 Å². The maximum atomic E-state index is 13.0. The van der Waals surface area contributed by atoms with Crippen molar-refractivity contribution < 1.29 is 38.7 Å². The first-order valence-electron chi connectivity index (χ1n) is 19.6. The van der Waals surface area contributed by atoms with Gasteiger partial charge in [-0.3, -0.25) is 43.2 Å². The molecule has 0 saturated carbocycles. The number of carbonyl (C=O) groups is 6. The van der Waals surface area contributed by atoms with Crippen molar-refractivity contribution in [3.63, 3.8) is 0 Å². The van der Waals surface area contributed by atoms with E-state index in [0.29, 0.717) is 70.2 Å². The van der Waals surface area contributed by atoms with Crippen LogP contribution in [0.15, 0.2) is 65.7 Å². The summed E-state index contributed by atoms with van der Waals surface area (Å²) in [7, 11) is 0. The molecule has 1 aromatic heterocycles. The maximum Gasteiger partial charge on any atom is 0.303 e. The Balaban J connectivity index is 1.00. The summed E-state index contributed by atoms with van der Waals surface area (Å²) in [5.74, 6) is -1.24. The zero-order valence-corrected chi connectivity index (χ0v) is 32.8. The van der Waals surface area contributed by atoms with Crippen molar-refractivity contribution in [2.75, 3.05) is 6.54 Å². The fourth-order valence-electron chi connectivity index (χ4n) is 6.20. The number of nitrogens with zero attached hydrogens (tertiary/aromatic N) is 4. The van der Waals surface area contributed by atoms with E-state index in [2.05, 4.69) is 21.1 Å². The molecule has 3 N–H and O–H groups in total. The van der Waals surface area contributed by atoms with Crippen LogP contribution in [0.25, 0.3) is 0 Å². The number of carbonyl (C=O) groups excluding carboxylic acids is 5. The second kappa shape index (κ2) is 24.6. The number of nitrogens with one attached hydrogen (secondary N) is 2. The number of rotatable bonds is 28. The molecule has 4 rings (SSSR count). The summed E-state index contributed by atoms with van der Waals surface area (Å²) in [4.78, 5) is 80.4. The van der Waals surface area contributed by atoms with Crippen molar-refractivity contribution in [3.05, 3.63) is 77.6 Å². The highest BCUT2D eigenvalue weighted by Gasteiger charge is 2.38. The average Bonchev–Trinajstić information content (AvgIpc) is 3.75. The number of hydrogen-bond donors (Lipinski definition) is 3. The van der Waals surface area contributed by atoms with Gasteiger partial charge in [0, 0.05) is 56.5 Å². The van der Waals surface area contributed by atoms with Gasteiger partial charge in [0.15, 0.2) is 0 Å². The van der Waals surface area contributed by atoms with Crippen LogP contribution in [-0.4, -0.2) is 72.2 Å². The van der Waals surface area contributed by atoms with Crippen LogP contribution >= 0.6 is 11.8 Å². The third kappa shape index (κ3) is 16.9. The maximum absolute atomic E-state index is 13.0. The van der Waals surface area contributed by atoms with Gasteiger partial charge in [-0.05, 0) is 61.8 Å². The van der Waals surface area contributed by atoms with Crippen LogP contribution in [-0.2, 0) is 59.7 Å². The normalized spacial score (nSPS) is 13.9. The van der Waals surface area contributed by atoms with Gasteiger partial charge in [0.25, 0.3) is 0 Å². The monoisotopic (exact) mass is 790 g/mol. The molecule has 1 aliphatic heterocycles. The Bertz CT molecular complexity index is 1720. The van der Waals surface area contributed by atoms with E-state index in [-0.39, 0.29) is 55.4 Å². The summed E-state index contributed by atoms with van der Waals surface area (Å²) in [6.07, 6.45) is 11.3. The van der Waals surface area contributed by atoms with E-state index in [4.69, 9.17) is 9.94 Å². The number of hydroxylamine groups is 1. The van der Waals surface area contributed by atoms with Gasteiger partial charge >= 0.3 is 5.97 Å². The molecule has 14 nitrogen and oxygen atoms in total. The minimum absolute atomic E-state index is 0.108. The first-order chi connectivity index (χ1) is 27.2. The van der Waals surface area contributed by atoms with Crippen molar-refractivity contribution in [2.24, 2.45) is 0 Å². The third-order valence-electron chi connectivity index (χ3n) is 9.30. The number of aliphatic carboxylic acids is 1. The minimum atomic E-state index is -0.793. The van der Waals surface area contributed by atoms with Crippen molar-refractivity contribution in [1.29, 1.82) is 0 Å². The number of thioether (sulfide) groups is 1. The lowest BCUT2D eigenvalue weighted by atomic mass is 10.0. The number of hydrogen-bond acceptors (Lipinski definition) is 10. The highest BCUT2D eigenvalue weighted by molar-refractivity contribution is 8.00. The Morgan fingerprint density at radius 2 is 1.43 bits per heavy atom. The Labute approximate surface area is 332 Å². The van der Waals surface area contributed by atoms with Crippen molar-refractivity contribution in [3.8, 4) is 0 Å². The molecule has 1 atom stereocenters. The average molecular weight is 791 g/mol. The summed E-state index contributed by atoms with van der Waals surface area (Å²) in [5.41, 5.74) is 5.02. The lowest BCUT2D eigenvalue weighted by Gasteiger charge is -2.15. The SMILES string of the molecule is O=C(O)CCCCCn1cc(CNC(=O)CCCCCN2C(=O)CC(Sc3ccc(CONC(=O)CCCCCCC(=O)Cc4ccccc4)cc3)C2=O)nn1. The number of carboxylic acid groups (broad SMARTS) is 1. The first kappa shape index (κ1) is 43.8. The Kier molecular flexibility index (Phi) is 19.2. The van der Waals surface area contributed by atoms with Crippen LogP contribution in [0.1, 0.15) is 113 Å². The standard InChI is InChI=1S/C41H54N6O8S/c48-34(26-31-14-6-3-7-15-31)16-8-1-2-9-18-38(50)44-55-30-32-20-22-35(23-21-32)56-36-27-39(51)47(41(36)54)25-13-4-10-17-37(49)42-28-33-29-46(45-43-33)24-12-5-11-19-40(52)53/h3,6-7,14-15,20-23,29,36H,1-2,4-5,8-13,16-19,24-28,30H2,(H,42,49)(H,44,50)(H,52,53). The summed E-state index contributed by atoms with van der Waals surface area (Å²) in [6.45, 7) is 1.43. The second-order valence-corrected chi connectivity index (χ2v) is 15.3. The van der Waals surface area contributed by atoms with E-state index in [9.17, 15) is 28.8 Å². The molecule has 3 aromatic rings. The van der Waals surface area contributed by atoms with Crippen molar-refractivity contribution >= 4 is 47.1 Å². The molecule has 56 heavy (non-hydrogen) atoms. The fourth-order valence-corrected chi connectivity index (χ4v) is 7.27. The molecule has 0 aliphatic carbocycles. The van der Waals surface area contributed by atoms with Crippen LogP contribution in [0.4, 0.5) is 0 Å². The molecule has 1 fully saturated rings. The second-order valence-electron chi connectivity index (χ2n) is 14.0. The van der Waals surface area contributed by atoms with E-state index >= 15 is 0 Å². The lowest BCUT2D eigenvalue weighted by Crippen LogP contribution is -2.32. The van der Waals surface area contributed by atoms with Gasteiger partial charge in [-0.2, -0.15) is 0 Å². The number of imide groups is 1. The molecule has 0 bridgehead atoms. The zero-order chi connectivity index (χ0) is 40.0. The van der Waals surface area contributed by atoms with Crippen LogP contribution in [0, 0.1) is 0 Å². The largest absolute Gasteiger partial charge is 0.481 e. The summed E-state index contributed by atoms with van der Waals surface area (Å²) in [6, 6.07) is 17.2. The summed E-state index contributed by atoms with van der Waals surface area (Å²) >= 11 is 1.35. The molecule has 1 saturated heterocycles. The predicted octanol–water partition coefficient (Wildman–Crippen LogP) is 5.72. The molecular weight excluding hydrogens is 737 g/mol. The number of aromatic nitrogens is 3. The molecule has 2 heterocycles. The predicted molar refractivity (Wildman–Crippen MR) is 210 cm³/mol. The number of unbranched alkanes of at least 4 members (excludes halogenated alkanes) is 7. The van der Waals surface area contributed by atoms with Gasteiger partial charge in [0.05, 0.1) is 24.6 Å². The number of Topliss-reactive ketones (excluding diaryl/α,β-unsaturated/α-hetero) is 1. The zero-order valence-electron chi connectivity index (χ0n) is 32.0. The van der Waals surface area contributed by atoms with Gasteiger partial charge < -0.3 is 10.4 Å². The molecule has 15 heteroatoms. The van der Waals surface area contributed by atoms with Gasteiger partial charge in [-0.25, -0.2) is 5.48 Å². The molecular formula is C41H54N6O8S. The number of amides is 4. The Morgan fingerprint density at radius 3 is 2.16 bits per heavy atom. The number of aryl methyl sites for hydroxylation is 1. The van der Waals surface area contributed by atoms with Crippen molar-refractivity contribution in [2.45, 2.75) is 133 Å². The van der Waals surface area contributed by atoms with E-state index in [1.807, 2.05) is 54.6 Å². The van der Waals surface area contributed by atoms with Gasteiger partial charge in [-0.15, -0.1) is 16.9 Å². The van der Waals surface area contributed by atoms with Crippen LogP contribution in [0.2, 0.25) is 0 Å². The molecule has 0 spiro atoms. The highest BCUT2D eigenvalue weighted by Crippen LogP contribution is 2.32. The van der Waals surface area contributed by atoms with Gasteiger partial charge in [0.1, 0.15) is 11.5 Å². The Morgan fingerprint density at radius 1 is 0.768 bits per heavy atom. The van der Waals surface area contributed by atoms with Crippen LogP contribution in [0.3, 0.4) is 0 Å². The smallest absolute Gasteiger partial charge is 0.303 e. The Hall–Kier alpha value is -4.89. The molecule has 302 valence electrons. The number of carboxylic acids is 1. The van der Waals surface area contributed by atoms with Crippen LogP contribution in [0.5, 0.6) is 0 Å². The van der Waals surface area contributed by atoms with Crippen molar-refractivity contribution in [1.82, 2.24) is 30.7 Å². The lowest BCUT2D eigenvalue weighted by molar-refractivity contribution is -0.139. The van der Waals surface area contributed by atoms with Crippen LogP contribution < -0.4 is 10.8 Å². The first-order valence-corrected chi connectivity index (χ1v) is 20.5. The third-order valence-corrected chi connectivity index (χ3v) is 10.5. The molecule has 1 aliphatic rings. The van der Waals surface area contributed by atoms with E-state index in [1.165, 1.54) is 16.7 Å². The fraction of sp³-hybridized carbons (Fsp3) is 0.512. The van der Waals surface area contributed by atoms with Gasteiger partial charge in [-0.1, -0.05) is 73.4 Å². The van der Waals surface area contributed by atoms with E-state index in [0.717, 1.165) is 54.5 Å². The summed E-state index contributed by atoms with van der Waals surface area (Å²) in [5, 5.41) is 19.2. The van der Waals surface area contributed by atoms with E-state index < -0.39 is 11.2 Å². The number of benzene rings is 2. The quantitative estimate of drug-likeness (QED) is 0.0464. The minimum Gasteiger partial charge on any atom is -0.481 e. The number of ketones is 1. The van der Waals surface area contributed by atoms with Gasteiger partial charge in [0.2, 0.25) is 23.6 Å². The molecule has 4 amide bonds. The number of likely N-dealkylation sites (tertiary alicyclic amines) is 1. The van der Waals surface area contributed by atoms with E-state index in [1.54, 1.807) is 10.9 Å². The highest BCUT2D eigenvalue weighted by atomic mass is 32.2. The molecule has 0 radical (unpaired) electrons. The molecule has 2 aromatic carbocycles.